The Kier molecular flexibility index (Phi) is 3.63. The summed E-state index contributed by atoms with van der Waals surface area (Å²) in [5.74, 6) is -0.146. The summed E-state index contributed by atoms with van der Waals surface area (Å²) in [6.45, 7) is 0.565. The molecule has 0 aromatic carbocycles. The minimum atomic E-state index is -0.146. The molecule has 0 spiro atoms. The van der Waals surface area contributed by atoms with Gasteiger partial charge in [-0.15, -0.1) is 0 Å². The lowest BCUT2D eigenvalue weighted by atomic mass is 10.3. The van der Waals surface area contributed by atoms with E-state index in [2.05, 4.69) is 26.3 Å². The predicted octanol–water partition coefficient (Wildman–Crippen LogP) is 1.75. The van der Waals surface area contributed by atoms with Crippen molar-refractivity contribution < 1.29 is 9.21 Å². The van der Waals surface area contributed by atoms with E-state index in [-0.39, 0.29) is 5.91 Å². The summed E-state index contributed by atoms with van der Waals surface area (Å²) in [6.07, 6.45) is 3.96. The second kappa shape index (κ2) is 5.18. The molecule has 0 aliphatic heterocycles. The molecule has 0 aliphatic carbocycles. The molecule has 2 rings (SSSR count). The number of aryl methyl sites for hydroxylation is 1. The molecule has 0 unspecified atom stereocenters. The first-order chi connectivity index (χ1) is 8.18. The van der Waals surface area contributed by atoms with E-state index in [1.54, 1.807) is 16.9 Å². The van der Waals surface area contributed by atoms with E-state index in [4.69, 9.17) is 4.42 Å². The fraction of sp³-hybridized carbons (Fsp3) is 0.273. The number of aromatic nitrogens is 2. The SMILES string of the molecule is Cn1nccc1CCNC(=O)c1ccoc1Br. The third-order valence-corrected chi connectivity index (χ3v) is 3.07. The average Bonchev–Trinajstić information content (AvgIpc) is 2.88. The highest BCUT2D eigenvalue weighted by molar-refractivity contribution is 9.10. The maximum Gasteiger partial charge on any atom is 0.255 e. The zero-order valence-corrected chi connectivity index (χ0v) is 10.9. The Morgan fingerprint density at radius 2 is 2.41 bits per heavy atom. The van der Waals surface area contributed by atoms with Gasteiger partial charge >= 0.3 is 0 Å². The molecule has 17 heavy (non-hydrogen) atoms. The van der Waals surface area contributed by atoms with E-state index in [9.17, 15) is 4.79 Å². The Labute approximate surface area is 107 Å². The van der Waals surface area contributed by atoms with Crippen molar-refractivity contribution in [2.75, 3.05) is 6.54 Å². The molecule has 5 nitrogen and oxygen atoms in total. The lowest BCUT2D eigenvalue weighted by Gasteiger charge is -2.04. The Bertz CT molecular complexity index is 518. The Morgan fingerprint density at radius 1 is 1.59 bits per heavy atom. The van der Waals surface area contributed by atoms with Crippen LogP contribution in [0.4, 0.5) is 0 Å². The first-order valence-electron chi connectivity index (χ1n) is 5.16. The van der Waals surface area contributed by atoms with Crippen molar-refractivity contribution in [1.29, 1.82) is 0 Å². The average molecular weight is 298 g/mol. The van der Waals surface area contributed by atoms with Gasteiger partial charge in [0.1, 0.15) is 0 Å². The van der Waals surface area contributed by atoms with Gasteiger partial charge in [0.05, 0.1) is 11.8 Å². The molecule has 2 aromatic rings. The predicted molar refractivity (Wildman–Crippen MR) is 65.7 cm³/mol. The van der Waals surface area contributed by atoms with Crippen LogP contribution >= 0.6 is 15.9 Å². The topological polar surface area (TPSA) is 60.1 Å². The molecule has 0 aliphatic rings. The zero-order chi connectivity index (χ0) is 12.3. The van der Waals surface area contributed by atoms with Gasteiger partial charge in [-0.3, -0.25) is 9.48 Å². The van der Waals surface area contributed by atoms with Gasteiger partial charge in [-0.25, -0.2) is 0 Å². The molecule has 0 bridgehead atoms. The largest absolute Gasteiger partial charge is 0.457 e. The lowest BCUT2D eigenvalue weighted by molar-refractivity contribution is 0.0952. The van der Waals surface area contributed by atoms with Gasteiger partial charge in [0.15, 0.2) is 4.67 Å². The van der Waals surface area contributed by atoms with Crippen molar-refractivity contribution in [3.05, 3.63) is 40.5 Å². The van der Waals surface area contributed by atoms with E-state index >= 15 is 0 Å². The highest BCUT2D eigenvalue weighted by Crippen LogP contribution is 2.16. The summed E-state index contributed by atoms with van der Waals surface area (Å²) in [5, 5.41) is 6.88. The molecular weight excluding hydrogens is 286 g/mol. The molecule has 2 heterocycles. The number of nitrogens with one attached hydrogen (secondary N) is 1. The fourth-order valence-corrected chi connectivity index (χ4v) is 1.92. The Morgan fingerprint density at radius 3 is 3.00 bits per heavy atom. The van der Waals surface area contributed by atoms with E-state index in [1.807, 2.05) is 13.1 Å². The second-order valence-electron chi connectivity index (χ2n) is 3.56. The van der Waals surface area contributed by atoms with Crippen LogP contribution in [0, 0.1) is 0 Å². The first-order valence-corrected chi connectivity index (χ1v) is 5.96. The normalized spacial score (nSPS) is 10.5. The smallest absolute Gasteiger partial charge is 0.255 e. The maximum atomic E-state index is 11.7. The van der Waals surface area contributed by atoms with Crippen LogP contribution in [0.15, 0.2) is 33.7 Å². The fourth-order valence-electron chi connectivity index (χ4n) is 1.50. The zero-order valence-electron chi connectivity index (χ0n) is 9.31. The van der Waals surface area contributed by atoms with Crippen molar-refractivity contribution >= 4 is 21.8 Å². The molecule has 6 heteroatoms. The number of halogens is 1. The van der Waals surface area contributed by atoms with Crippen molar-refractivity contribution in [2.24, 2.45) is 7.05 Å². The third-order valence-electron chi connectivity index (χ3n) is 2.45. The molecule has 90 valence electrons. The van der Waals surface area contributed by atoms with Gasteiger partial charge in [-0.05, 0) is 28.1 Å². The van der Waals surface area contributed by atoms with Gasteiger partial charge in [-0.1, -0.05) is 0 Å². The van der Waals surface area contributed by atoms with Gasteiger partial charge in [-0.2, -0.15) is 5.10 Å². The number of hydrogen-bond donors (Lipinski definition) is 1. The third kappa shape index (κ3) is 2.76. The van der Waals surface area contributed by atoms with Crippen LogP contribution in [0.3, 0.4) is 0 Å². The highest BCUT2D eigenvalue weighted by atomic mass is 79.9. The minimum Gasteiger partial charge on any atom is -0.457 e. The van der Waals surface area contributed by atoms with Crippen molar-refractivity contribution in [3.63, 3.8) is 0 Å². The van der Waals surface area contributed by atoms with Gasteiger partial charge in [0.2, 0.25) is 0 Å². The van der Waals surface area contributed by atoms with Crippen LogP contribution in [0.1, 0.15) is 16.1 Å². The monoisotopic (exact) mass is 297 g/mol. The second-order valence-corrected chi connectivity index (χ2v) is 4.28. The summed E-state index contributed by atoms with van der Waals surface area (Å²) >= 11 is 3.17. The molecule has 0 saturated heterocycles. The number of hydrogen-bond acceptors (Lipinski definition) is 3. The van der Waals surface area contributed by atoms with E-state index < -0.39 is 0 Å². The molecule has 2 aromatic heterocycles. The Balaban J connectivity index is 1.86. The molecule has 0 atom stereocenters. The lowest BCUT2D eigenvalue weighted by Crippen LogP contribution is -2.26. The van der Waals surface area contributed by atoms with E-state index in [0.717, 1.165) is 12.1 Å². The minimum absolute atomic E-state index is 0.146. The van der Waals surface area contributed by atoms with Crippen LogP contribution in [0.25, 0.3) is 0 Å². The van der Waals surface area contributed by atoms with Crippen LogP contribution in [-0.2, 0) is 13.5 Å². The summed E-state index contributed by atoms with van der Waals surface area (Å²) in [6, 6.07) is 3.56. The van der Waals surface area contributed by atoms with Crippen molar-refractivity contribution in [1.82, 2.24) is 15.1 Å². The van der Waals surface area contributed by atoms with E-state index in [1.165, 1.54) is 6.26 Å². The van der Waals surface area contributed by atoms with Crippen molar-refractivity contribution in [2.45, 2.75) is 6.42 Å². The molecule has 0 radical (unpaired) electrons. The molecule has 1 amide bonds. The number of nitrogens with zero attached hydrogens (tertiary/aromatic N) is 2. The standard InChI is InChI=1S/C11H12BrN3O2/c1-15-8(3-6-14-15)2-5-13-11(16)9-4-7-17-10(9)12/h3-4,6-7H,2,5H2,1H3,(H,13,16). The molecule has 0 saturated carbocycles. The molecule has 0 fully saturated rings. The summed E-state index contributed by atoms with van der Waals surface area (Å²) < 4.78 is 7.24. The summed E-state index contributed by atoms with van der Waals surface area (Å²) in [4.78, 5) is 11.7. The number of carbonyl (C=O) groups is 1. The Hall–Kier alpha value is -1.56. The van der Waals surface area contributed by atoms with Gasteiger partial charge < -0.3 is 9.73 Å². The van der Waals surface area contributed by atoms with Gasteiger partial charge in [0, 0.05) is 31.9 Å². The molecular formula is C11H12BrN3O2. The molecule has 1 N–H and O–H groups in total. The highest BCUT2D eigenvalue weighted by Gasteiger charge is 2.11. The quantitative estimate of drug-likeness (QED) is 0.935. The maximum absolute atomic E-state index is 11.7. The summed E-state index contributed by atoms with van der Waals surface area (Å²) in [5.41, 5.74) is 1.59. The number of furan rings is 1. The van der Waals surface area contributed by atoms with Crippen LogP contribution < -0.4 is 5.32 Å². The number of carbonyl (C=O) groups excluding carboxylic acids is 1. The summed E-state index contributed by atoms with van der Waals surface area (Å²) in [7, 11) is 1.88. The van der Waals surface area contributed by atoms with E-state index in [0.29, 0.717) is 16.8 Å². The van der Waals surface area contributed by atoms with Crippen LogP contribution in [-0.4, -0.2) is 22.2 Å². The number of rotatable bonds is 4. The van der Waals surface area contributed by atoms with Crippen LogP contribution in [0.2, 0.25) is 0 Å². The van der Waals surface area contributed by atoms with Gasteiger partial charge in [0.25, 0.3) is 5.91 Å². The first kappa shape index (κ1) is 11.9. The number of amides is 1. The van der Waals surface area contributed by atoms with Crippen molar-refractivity contribution in [3.8, 4) is 0 Å². The van der Waals surface area contributed by atoms with Crippen LogP contribution in [0.5, 0.6) is 0 Å².